The molecule has 0 aliphatic rings. The second-order valence-electron chi connectivity index (χ2n) is 4.33. The van der Waals surface area contributed by atoms with Gasteiger partial charge in [-0.25, -0.2) is 0 Å². The smallest absolute Gasteiger partial charge is 0.0210 e. The molecule has 1 aromatic rings. The molecule has 3 N–H and O–H groups in total. The Morgan fingerprint density at radius 3 is 2.75 bits per heavy atom. The van der Waals surface area contributed by atoms with E-state index in [9.17, 15) is 0 Å². The van der Waals surface area contributed by atoms with Gasteiger partial charge in [0, 0.05) is 10.9 Å². The average molecular weight is 240 g/mol. The van der Waals surface area contributed by atoms with E-state index in [4.69, 9.17) is 5.84 Å². The first-order chi connectivity index (χ1) is 7.86. The van der Waals surface area contributed by atoms with Gasteiger partial charge in [-0.05, 0) is 37.1 Å². The van der Waals surface area contributed by atoms with Crippen LogP contribution in [0.15, 0.2) is 17.5 Å². The molecule has 0 radical (unpaired) electrons. The Kier molecular flexibility index (Phi) is 7.47. The minimum absolute atomic E-state index is 0.506. The van der Waals surface area contributed by atoms with Gasteiger partial charge in [0.25, 0.3) is 0 Å². The van der Waals surface area contributed by atoms with E-state index in [1.807, 2.05) is 11.3 Å². The van der Waals surface area contributed by atoms with E-state index in [0.29, 0.717) is 6.04 Å². The summed E-state index contributed by atoms with van der Waals surface area (Å²) in [6.45, 7) is 2.24. The van der Waals surface area contributed by atoms with Gasteiger partial charge in [-0.3, -0.25) is 11.3 Å². The highest BCUT2D eigenvalue weighted by molar-refractivity contribution is 7.09. The van der Waals surface area contributed by atoms with Crippen molar-refractivity contribution in [2.24, 2.45) is 5.84 Å². The first-order valence-corrected chi connectivity index (χ1v) is 7.23. The van der Waals surface area contributed by atoms with Gasteiger partial charge in [-0.2, -0.15) is 0 Å². The molecular weight excluding hydrogens is 216 g/mol. The summed E-state index contributed by atoms with van der Waals surface area (Å²) in [5.74, 6) is 5.57. The van der Waals surface area contributed by atoms with Gasteiger partial charge in [-0.1, -0.05) is 32.3 Å². The fraction of sp³-hybridized carbons (Fsp3) is 0.692. The largest absolute Gasteiger partial charge is 0.271 e. The Bertz CT molecular complexity index is 246. The number of aryl methyl sites for hydroxylation is 1. The van der Waals surface area contributed by atoms with Crippen LogP contribution in [0.2, 0.25) is 0 Å². The molecule has 1 unspecified atom stereocenters. The van der Waals surface area contributed by atoms with Crippen molar-refractivity contribution in [3.63, 3.8) is 0 Å². The Morgan fingerprint density at radius 1 is 1.31 bits per heavy atom. The van der Waals surface area contributed by atoms with Crippen molar-refractivity contribution < 1.29 is 0 Å². The summed E-state index contributed by atoms with van der Waals surface area (Å²) in [6, 6.07) is 4.85. The molecule has 0 spiro atoms. The lowest BCUT2D eigenvalue weighted by Gasteiger charge is -2.15. The van der Waals surface area contributed by atoms with Gasteiger partial charge in [-0.15, -0.1) is 11.3 Å². The zero-order valence-corrected chi connectivity index (χ0v) is 11.1. The van der Waals surface area contributed by atoms with Gasteiger partial charge >= 0.3 is 0 Å². The van der Waals surface area contributed by atoms with E-state index in [0.717, 1.165) is 0 Å². The lowest BCUT2D eigenvalue weighted by molar-refractivity contribution is 0.433. The second-order valence-corrected chi connectivity index (χ2v) is 5.36. The van der Waals surface area contributed by atoms with Gasteiger partial charge in [0.2, 0.25) is 0 Å². The zero-order valence-electron chi connectivity index (χ0n) is 10.2. The molecule has 0 saturated carbocycles. The minimum atomic E-state index is 0.506. The summed E-state index contributed by atoms with van der Waals surface area (Å²) in [4.78, 5) is 1.49. The van der Waals surface area contributed by atoms with Crippen LogP contribution in [0.3, 0.4) is 0 Å². The third-order valence-electron chi connectivity index (χ3n) is 2.95. The summed E-state index contributed by atoms with van der Waals surface area (Å²) >= 11 is 1.85. The average Bonchev–Trinajstić information content (AvgIpc) is 2.80. The van der Waals surface area contributed by atoms with Gasteiger partial charge < -0.3 is 0 Å². The Balaban J connectivity index is 2.08. The molecule has 1 atom stereocenters. The molecule has 0 saturated heterocycles. The molecule has 0 fully saturated rings. The lowest BCUT2D eigenvalue weighted by Crippen LogP contribution is -2.35. The molecule has 1 heterocycles. The number of rotatable bonds is 9. The number of thiophene rings is 1. The maximum absolute atomic E-state index is 5.57. The van der Waals surface area contributed by atoms with E-state index < -0.39 is 0 Å². The summed E-state index contributed by atoms with van der Waals surface area (Å²) < 4.78 is 0. The standard InChI is InChI=1S/C13H24N2S/c1-2-3-4-7-12(15-14)8-5-9-13-10-6-11-16-13/h6,10-12,15H,2-5,7-9,14H2,1H3. The van der Waals surface area contributed by atoms with Crippen molar-refractivity contribution in [1.82, 2.24) is 5.43 Å². The van der Waals surface area contributed by atoms with Crippen LogP contribution >= 0.6 is 11.3 Å². The number of hydrogen-bond acceptors (Lipinski definition) is 3. The highest BCUT2D eigenvalue weighted by Gasteiger charge is 2.05. The van der Waals surface area contributed by atoms with Crippen LogP contribution in [-0.4, -0.2) is 6.04 Å². The molecule has 16 heavy (non-hydrogen) atoms. The molecular formula is C13H24N2S. The third kappa shape index (κ3) is 5.64. The summed E-state index contributed by atoms with van der Waals surface area (Å²) in [5, 5.41) is 2.15. The number of nitrogens with one attached hydrogen (secondary N) is 1. The highest BCUT2D eigenvalue weighted by atomic mass is 32.1. The third-order valence-corrected chi connectivity index (χ3v) is 3.88. The Morgan fingerprint density at radius 2 is 2.12 bits per heavy atom. The molecule has 0 aromatic carbocycles. The van der Waals surface area contributed by atoms with Crippen LogP contribution in [0, 0.1) is 0 Å². The Hall–Kier alpha value is -0.380. The monoisotopic (exact) mass is 240 g/mol. The summed E-state index contributed by atoms with van der Waals surface area (Å²) in [7, 11) is 0. The van der Waals surface area contributed by atoms with Crippen molar-refractivity contribution in [3.8, 4) is 0 Å². The maximum Gasteiger partial charge on any atom is 0.0210 e. The van der Waals surface area contributed by atoms with Crippen LogP contribution in [0.1, 0.15) is 50.3 Å². The predicted molar refractivity (Wildman–Crippen MR) is 72.5 cm³/mol. The number of hydrazine groups is 1. The van der Waals surface area contributed by atoms with E-state index >= 15 is 0 Å². The van der Waals surface area contributed by atoms with Gasteiger partial charge in [0.15, 0.2) is 0 Å². The van der Waals surface area contributed by atoms with Crippen LogP contribution < -0.4 is 11.3 Å². The number of nitrogens with two attached hydrogens (primary N) is 1. The van der Waals surface area contributed by atoms with Crippen molar-refractivity contribution in [3.05, 3.63) is 22.4 Å². The van der Waals surface area contributed by atoms with E-state index in [1.54, 1.807) is 0 Å². The first-order valence-electron chi connectivity index (χ1n) is 6.35. The fourth-order valence-corrected chi connectivity index (χ4v) is 2.68. The van der Waals surface area contributed by atoms with Crippen molar-refractivity contribution in [2.45, 2.75) is 57.9 Å². The topological polar surface area (TPSA) is 38.0 Å². The highest BCUT2D eigenvalue weighted by Crippen LogP contribution is 2.14. The molecule has 1 aromatic heterocycles. The lowest BCUT2D eigenvalue weighted by atomic mass is 10.0. The molecule has 3 heteroatoms. The SMILES string of the molecule is CCCCCC(CCCc1cccs1)NN. The maximum atomic E-state index is 5.57. The van der Waals surface area contributed by atoms with Crippen LogP contribution in [0.5, 0.6) is 0 Å². The molecule has 92 valence electrons. The van der Waals surface area contributed by atoms with E-state index in [1.165, 1.54) is 49.8 Å². The van der Waals surface area contributed by atoms with Crippen molar-refractivity contribution in [1.29, 1.82) is 0 Å². The Labute approximate surface area is 103 Å². The number of unbranched alkanes of at least 4 members (excludes halogenated alkanes) is 2. The molecule has 2 nitrogen and oxygen atoms in total. The van der Waals surface area contributed by atoms with E-state index in [-0.39, 0.29) is 0 Å². The quantitative estimate of drug-likeness (QED) is 0.394. The van der Waals surface area contributed by atoms with Gasteiger partial charge in [0.1, 0.15) is 0 Å². The fourth-order valence-electron chi connectivity index (χ4n) is 1.93. The summed E-state index contributed by atoms with van der Waals surface area (Å²) in [5.41, 5.74) is 2.94. The van der Waals surface area contributed by atoms with Crippen molar-refractivity contribution in [2.75, 3.05) is 0 Å². The van der Waals surface area contributed by atoms with Crippen LogP contribution in [0.25, 0.3) is 0 Å². The zero-order chi connectivity index (χ0) is 11.6. The van der Waals surface area contributed by atoms with E-state index in [2.05, 4.69) is 29.9 Å². The van der Waals surface area contributed by atoms with Crippen molar-refractivity contribution >= 4 is 11.3 Å². The molecule has 0 aliphatic carbocycles. The van der Waals surface area contributed by atoms with Crippen LogP contribution in [-0.2, 0) is 6.42 Å². The summed E-state index contributed by atoms with van der Waals surface area (Å²) in [6.07, 6.45) is 8.75. The molecule has 1 rings (SSSR count). The molecule has 0 aliphatic heterocycles. The minimum Gasteiger partial charge on any atom is -0.271 e. The molecule has 0 bridgehead atoms. The first kappa shape index (κ1) is 13.7. The predicted octanol–water partition coefficient (Wildman–Crippen LogP) is 3.48. The van der Waals surface area contributed by atoms with Gasteiger partial charge in [0.05, 0.1) is 0 Å². The second kappa shape index (κ2) is 8.74. The van der Waals surface area contributed by atoms with Crippen LogP contribution in [0.4, 0.5) is 0 Å². The number of hydrogen-bond donors (Lipinski definition) is 2. The molecule has 0 amide bonds. The normalized spacial score (nSPS) is 12.9.